The maximum absolute atomic E-state index is 12.6. The lowest BCUT2D eigenvalue weighted by atomic mass is 10.2. The van der Waals surface area contributed by atoms with Crippen molar-refractivity contribution in [1.29, 1.82) is 0 Å². The zero-order valence-corrected chi connectivity index (χ0v) is 12.6. The molecule has 1 aromatic rings. The van der Waals surface area contributed by atoms with Crippen LogP contribution in [0.1, 0.15) is 25.7 Å². The van der Waals surface area contributed by atoms with E-state index in [1.165, 1.54) is 4.90 Å². The summed E-state index contributed by atoms with van der Waals surface area (Å²) in [6.45, 7) is 1.02. The fourth-order valence-corrected chi connectivity index (χ4v) is 2.58. The third-order valence-electron chi connectivity index (χ3n) is 3.54. The fraction of sp³-hybridized carbons (Fsp3) is 0.467. The molecule has 6 heteroatoms. The standard InChI is InChI=1S/C15H19ClN2O3/c16-12-5-7-13(8-6-12)18(11-14(19)20)15(21)17-9-3-1-2-4-10-17/h5-8H,1-4,9-11H2,(H,19,20). The molecule has 5 nitrogen and oxygen atoms in total. The highest BCUT2D eigenvalue weighted by molar-refractivity contribution is 6.30. The van der Waals surface area contributed by atoms with Crippen molar-refractivity contribution in [3.63, 3.8) is 0 Å². The topological polar surface area (TPSA) is 60.9 Å². The van der Waals surface area contributed by atoms with Gasteiger partial charge in [-0.25, -0.2) is 4.79 Å². The van der Waals surface area contributed by atoms with Crippen LogP contribution in [0.3, 0.4) is 0 Å². The molecule has 21 heavy (non-hydrogen) atoms. The number of halogens is 1. The molecule has 0 atom stereocenters. The lowest BCUT2D eigenvalue weighted by molar-refractivity contribution is -0.135. The lowest BCUT2D eigenvalue weighted by Gasteiger charge is -2.29. The van der Waals surface area contributed by atoms with Crippen molar-refractivity contribution in [2.45, 2.75) is 25.7 Å². The molecular formula is C15H19ClN2O3. The van der Waals surface area contributed by atoms with Crippen LogP contribution in [0.5, 0.6) is 0 Å². The molecule has 0 unspecified atom stereocenters. The molecule has 0 radical (unpaired) electrons. The Morgan fingerprint density at radius 3 is 2.19 bits per heavy atom. The van der Waals surface area contributed by atoms with Crippen LogP contribution in [0.2, 0.25) is 5.02 Å². The first-order valence-corrected chi connectivity index (χ1v) is 7.49. The molecule has 1 aliphatic heterocycles. The molecule has 1 saturated heterocycles. The van der Waals surface area contributed by atoms with Crippen LogP contribution in [0.15, 0.2) is 24.3 Å². The van der Waals surface area contributed by atoms with Crippen molar-refractivity contribution in [3.8, 4) is 0 Å². The normalized spacial score (nSPS) is 15.4. The number of carbonyl (C=O) groups excluding carboxylic acids is 1. The number of rotatable bonds is 3. The number of urea groups is 1. The molecule has 2 rings (SSSR count). The zero-order chi connectivity index (χ0) is 15.2. The number of hydrogen-bond donors (Lipinski definition) is 1. The number of carboxylic acids is 1. The van der Waals surface area contributed by atoms with E-state index in [9.17, 15) is 9.59 Å². The number of anilines is 1. The first-order chi connectivity index (χ1) is 10.1. The van der Waals surface area contributed by atoms with Gasteiger partial charge in [0.15, 0.2) is 0 Å². The van der Waals surface area contributed by atoms with Crippen LogP contribution in [-0.4, -0.2) is 41.6 Å². The quantitative estimate of drug-likeness (QED) is 0.932. The van der Waals surface area contributed by atoms with E-state index in [1.54, 1.807) is 29.2 Å². The van der Waals surface area contributed by atoms with E-state index in [1.807, 2.05) is 0 Å². The minimum absolute atomic E-state index is 0.248. The van der Waals surface area contributed by atoms with Gasteiger partial charge in [0, 0.05) is 23.8 Å². The number of aliphatic carboxylic acids is 1. The second-order valence-electron chi connectivity index (χ2n) is 5.14. The van der Waals surface area contributed by atoms with E-state index in [2.05, 4.69) is 0 Å². The molecule has 1 heterocycles. The van der Waals surface area contributed by atoms with Crippen molar-refractivity contribution in [3.05, 3.63) is 29.3 Å². The molecule has 0 aromatic heterocycles. The Hall–Kier alpha value is -1.75. The van der Waals surface area contributed by atoms with Gasteiger partial charge in [0.1, 0.15) is 6.54 Å². The van der Waals surface area contributed by atoms with Gasteiger partial charge < -0.3 is 10.0 Å². The summed E-state index contributed by atoms with van der Waals surface area (Å²) >= 11 is 5.84. The molecule has 1 fully saturated rings. The largest absolute Gasteiger partial charge is 0.480 e. The summed E-state index contributed by atoms with van der Waals surface area (Å²) in [7, 11) is 0. The summed E-state index contributed by atoms with van der Waals surface area (Å²) in [5.74, 6) is -1.03. The third kappa shape index (κ3) is 4.36. The SMILES string of the molecule is O=C(O)CN(C(=O)N1CCCCCC1)c1ccc(Cl)cc1. The molecule has 1 aromatic carbocycles. The summed E-state index contributed by atoms with van der Waals surface area (Å²) in [5, 5.41) is 9.62. The van der Waals surface area contributed by atoms with Gasteiger partial charge in [0.05, 0.1) is 0 Å². The summed E-state index contributed by atoms with van der Waals surface area (Å²) in [5.41, 5.74) is 0.552. The monoisotopic (exact) mass is 310 g/mol. The van der Waals surface area contributed by atoms with E-state index in [4.69, 9.17) is 16.7 Å². The van der Waals surface area contributed by atoms with E-state index in [-0.39, 0.29) is 12.6 Å². The lowest BCUT2D eigenvalue weighted by Crippen LogP contribution is -2.46. The molecule has 1 aliphatic rings. The maximum atomic E-state index is 12.6. The average Bonchev–Trinajstić information content (AvgIpc) is 2.74. The molecule has 1 N–H and O–H groups in total. The number of hydrogen-bond acceptors (Lipinski definition) is 2. The second-order valence-corrected chi connectivity index (χ2v) is 5.58. The van der Waals surface area contributed by atoms with E-state index < -0.39 is 5.97 Å². The first kappa shape index (κ1) is 15.6. The van der Waals surface area contributed by atoms with Crippen molar-refractivity contribution in [1.82, 2.24) is 4.90 Å². The Balaban J connectivity index is 2.19. The second kappa shape index (κ2) is 7.31. The van der Waals surface area contributed by atoms with Crippen LogP contribution in [-0.2, 0) is 4.79 Å². The highest BCUT2D eigenvalue weighted by atomic mass is 35.5. The van der Waals surface area contributed by atoms with Crippen LogP contribution in [0.25, 0.3) is 0 Å². The molecule has 114 valence electrons. The predicted molar refractivity (Wildman–Crippen MR) is 81.9 cm³/mol. The zero-order valence-electron chi connectivity index (χ0n) is 11.8. The number of benzene rings is 1. The Morgan fingerprint density at radius 1 is 1.10 bits per heavy atom. The Labute approximate surface area is 129 Å². The molecule has 0 saturated carbocycles. The molecule has 2 amide bonds. The minimum Gasteiger partial charge on any atom is -0.480 e. The van der Waals surface area contributed by atoms with E-state index >= 15 is 0 Å². The van der Waals surface area contributed by atoms with Crippen LogP contribution < -0.4 is 4.90 Å². The number of nitrogens with zero attached hydrogens (tertiary/aromatic N) is 2. The number of likely N-dealkylation sites (tertiary alicyclic amines) is 1. The molecule has 0 bridgehead atoms. The van der Waals surface area contributed by atoms with Crippen LogP contribution in [0, 0.1) is 0 Å². The predicted octanol–water partition coefficient (Wildman–Crippen LogP) is 3.23. The Morgan fingerprint density at radius 2 is 1.67 bits per heavy atom. The van der Waals surface area contributed by atoms with Gasteiger partial charge in [-0.3, -0.25) is 9.69 Å². The van der Waals surface area contributed by atoms with Crippen molar-refractivity contribution in [2.75, 3.05) is 24.5 Å². The van der Waals surface area contributed by atoms with Crippen molar-refractivity contribution >= 4 is 29.3 Å². The van der Waals surface area contributed by atoms with Gasteiger partial charge in [-0.15, -0.1) is 0 Å². The average molecular weight is 311 g/mol. The smallest absolute Gasteiger partial charge is 0.325 e. The van der Waals surface area contributed by atoms with E-state index in [0.717, 1.165) is 25.7 Å². The number of amides is 2. The van der Waals surface area contributed by atoms with Crippen LogP contribution in [0.4, 0.5) is 10.5 Å². The molecular weight excluding hydrogens is 292 g/mol. The minimum atomic E-state index is -1.03. The fourth-order valence-electron chi connectivity index (χ4n) is 2.46. The van der Waals surface area contributed by atoms with Gasteiger partial charge in [-0.05, 0) is 37.1 Å². The maximum Gasteiger partial charge on any atom is 0.325 e. The summed E-state index contributed by atoms with van der Waals surface area (Å²) in [6.07, 6.45) is 4.16. The van der Waals surface area contributed by atoms with Gasteiger partial charge in [0.2, 0.25) is 0 Å². The number of carbonyl (C=O) groups is 2. The van der Waals surface area contributed by atoms with Crippen LogP contribution >= 0.6 is 11.6 Å². The van der Waals surface area contributed by atoms with Gasteiger partial charge >= 0.3 is 12.0 Å². The third-order valence-corrected chi connectivity index (χ3v) is 3.79. The van der Waals surface area contributed by atoms with Crippen molar-refractivity contribution < 1.29 is 14.7 Å². The molecule has 0 aliphatic carbocycles. The summed E-state index contributed by atoms with van der Waals surface area (Å²) in [4.78, 5) is 26.7. The summed E-state index contributed by atoms with van der Waals surface area (Å²) < 4.78 is 0. The highest BCUT2D eigenvalue weighted by Crippen LogP contribution is 2.20. The Kier molecular flexibility index (Phi) is 5.44. The number of carboxylic acid groups (broad SMARTS) is 1. The first-order valence-electron chi connectivity index (χ1n) is 7.12. The summed E-state index contributed by atoms with van der Waals surface area (Å²) in [6, 6.07) is 6.40. The van der Waals surface area contributed by atoms with Gasteiger partial charge in [-0.1, -0.05) is 24.4 Å². The molecule has 0 spiro atoms. The van der Waals surface area contributed by atoms with Gasteiger partial charge in [0.25, 0.3) is 0 Å². The van der Waals surface area contributed by atoms with Gasteiger partial charge in [-0.2, -0.15) is 0 Å². The highest BCUT2D eigenvalue weighted by Gasteiger charge is 2.24. The van der Waals surface area contributed by atoms with E-state index in [0.29, 0.717) is 23.8 Å². The Bertz CT molecular complexity index is 496. The van der Waals surface area contributed by atoms with Crippen molar-refractivity contribution in [2.24, 2.45) is 0 Å².